The number of thioether (sulfide) groups is 1. The van der Waals surface area contributed by atoms with E-state index in [1.165, 1.54) is 23.1 Å². The standard InChI is InChI=1S/C20H25N5O3S2/c1-10-11(2)30-19-16(10)17(26)22-15(23-19)9-29-12(3)20(27)25-7-5-6-14(8-25)18-21-13(4)24-28-18/h12,14H,5-9H2,1-4H3,(H,22,23,26). The van der Waals surface area contributed by atoms with Crippen LogP contribution >= 0.6 is 23.1 Å². The van der Waals surface area contributed by atoms with E-state index in [4.69, 9.17) is 4.52 Å². The van der Waals surface area contributed by atoms with E-state index in [1.54, 1.807) is 6.92 Å². The number of rotatable bonds is 5. The van der Waals surface area contributed by atoms with Crippen molar-refractivity contribution in [3.05, 3.63) is 38.3 Å². The fraction of sp³-hybridized carbons (Fsp3) is 0.550. The second-order valence-corrected chi connectivity index (χ2v) is 10.3. The van der Waals surface area contributed by atoms with Gasteiger partial charge in [0, 0.05) is 18.0 Å². The molecule has 1 aliphatic heterocycles. The molecule has 30 heavy (non-hydrogen) atoms. The average Bonchev–Trinajstić information content (AvgIpc) is 3.29. The van der Waals surface area contributed by atoms with E-state index in [0.717, 1.165) is 34.7 Å². The number of carbonyl (C=O) groups excluding carboxylic acids is 1. The highest BCUT2D eigenvalue weighted by Crippen LogP contribution is 2.29. The largest absolute Gasteiger partial charge is 0.341 e. The van der Waals surface area contributed by atoms with Gasteiger partial charge in [-0.25, -0.2) is 4.98 Å². The highest BCUT2D eigenvalue weighted by atomic mass is 32.2. The molecule has 1 amide bonds. The van der Waals surface area contributed by atoms with Gasteiger partial charge in [-0.05, 0) is 46.1 Å². The summed E-state index contributed by atoms with van der Waals surface area (Å²) in [5, 5.41) is 4.30. The van der Waals surface area contributed by atoms with Gasteiger partial charge < -0.3 is 14.4 Å². The number of aromatic amines is 1. The Hall–Kier alpha value is -2.20. The molecule has 0 saturated carbocycles. The van der Waals surface area contributed by atoms with Gasteiger partial charge in [0.2, 0.25) is 11.8 Å². The molecule has 3 aromatic rings. The number of likely N-dealkylation sites (tertiary alicyclic amines) is 1. The number of nitrogens with one attached hydrogen (secondary N) is 1. The van der Waals surface area contributed by atoms with Crippen molar-refractivity contribution in [1.82, 2.24) is 25.0 Å². The number of thiophene rings is 1. The first kappa shape index (κ1) is 21.0. The number of hydrogen-bond donors (Lipinski definition) is 1. The Morgan fingerprint density at radius 3 is 2.90 bits per heavy atom. The van der Waals surface area contributed by atoms with E-state index in [9.17, 15) is 9.59 Å². The molecule has 0 aliphatic carbocycles. The molecule has 160 valence electrons. The first-order valence-electron chi connectivity index (χ1n) is 10.0. The third-order valence-corrected chi connectivity index (χ3v) is 7.77. The summed E-state index contributed by atoms with van der Waals surface area (Å²) >= 11 is 3.02. The Morgan fingerprint density at radius 1 is 1.37 bits per heavy atom. The quantitative estimate of drug-likeness (QED) is 0.639. The van der Waals surface area contributed by atoms with Gasteiger partial charge in [0.05, 0.1) is 22.3 Å². The number of carbonyl (C=O) groups is 1. The lowest BCUT2D eigenvalue weighted by molar-refractivity contribution is -0.131. The van der Waals surface area contributed by atoms with Crippen LogP contribution in [0.5, 0.6) is 0 Å². The number of aromatic nitrogens is 4. The number of hydrogen-bond acceptors (Lipinski definition) is 8. The van der Waals surface area contributed by atoms with Crippen molar-refractivity contribution < 1.29 is 9.32 Å². The lowest BCUT2D eigenvalue weighted by Crippen LogP contribution is -2.42. The molecule has 8 nitrogen and oxygen atoms in total. The lowest BCUT2D eigenvalue weighted by atomic mass is 9.98. The van der Waals surface area contributed by atoms with Crippen LogP contribution in [0.2, 0.25) is 0 Å². The summed E-state index contributed by atoms with van der Waals surface area (Å²) in [5.74, 6) is 2.50. The second-order valence-electron chi connectivity index (χ2n) is 7.73. The highest BCUT2D eigenvalue weighted by Gasteiger charge is 2.30. The molecule has 3 aromatic heterocycles. The highest BCUT2D eigenvalue weighted by molar-refractivity contribution is 7.99. The van der Waals surface area contributed by atoms with E-state index in [2.05, 4.69) is 20.1 Å². The molecule has 4 rings (SSSR count). The Labute approximate surface area is 182 Å². The predicted octanol–water partition coefficient (Wildman–Crippen LogP) is 3.32. The van der Waals surface area contributed by atoms with Gasteiger partial charge in [0.25, 0.3) is 5.56 Å². The van der Waals surface area contributed by atoms with E-state index < -0.39 is 0 Å². The van der Waals surface area contributed by atoms with E-state index in [1.807, 2.05) is 25.7 Å². The van der Waals surface area contributed by atoms with Gasteiger partial charge in [-0.2, -0.15) is 4.98 Å². The van der Waals surface area contributed by atoms with Crippen LogP contribution < -0.4 is 5.56 Å². The van der Waals surface area contributed by atoms with Crippen LogP contribution in [0.3, 0.4) is 0 Å². The van der Waals surface area contributed by atoms with E-state index in [-0.39, 0.29) is 22.6 Å². The number of H-pyrrole nitrogens is 1. The molecule has 2 atom stereocenters. The molecule has 10 heteroatoms. The van der Waals surface area contributed by atoms with Crippen molar-refractivity contribution >= 4 is 39.2 Å². The van der Waals surface area contributed by atoms with Gasteiger partial charge >= 0.3 is 0 Å². The van der Waals surface area contributed by atoms with Crippen LogP contribution in [0, 0.1) is 20.8 Å². The normalized spacial score (nSPS) is 18.1. The third kappa shape index (κ3) is 4.15. The van der Waals surface area contributed by atoms with Crippen LogP contribution in [0.15, 0.2) is 9.32 Å². The minimum atomic E-state index is -0.235. The zero-order chi connectivity index (χ0) is 21.4. The fourth-order valence-corrected chi connectivity index (χ4v) is 5.64. The Balaban J connectivity index is 1.40. The molecule has 0 spiro atoms. The summed E-state index contributed by atoms with van der Waals surface area (Å²) in [7, 11) is 0. The van der Waals surface area contributed by atoms with Crippen molar-refractivity contribution in [2.24, 2.45) is 0 Å². The van der Waals surface area contributed by atoms with Gasteiger partial charge in [0.1, 0.15) is 10.7 Å². The first-order chi connectivity index (χ1) is 14.3. The van der Waals surface area contributed by atoms with E-state index >= 15 is 0 Å². The molecule has 1 aliphatic rings. The minimum Gasteiger partial charge on any atom is -0.341 e. The first-order valence-corrected chi connectivity index (χ1v) is 11.9. The van der Waals surface area contributed by atoms with Gasteiger partial charge in [0.15, 0.2) is 5.82 Å². The van der Waals surface area contributed by atoms with Crippen molar-refractivity contribution in [2.45, 2.75) is 57.5 Å². The van der Waals surface area contributed by atoms with Crippen molar-refractivity contribution in [3.8, 4) is 0 Å². The summed E-state index contributed by atoms with van der Waals surface area (Å²) in [4.78, 5) is 41.0. The Bertz CT molecular complexity index is 1140. The monoisotopic (exact) mass is 447 g/mol. The minimum absolute atomic E-state index is 0.0897. The topological polar surface area (TPSA) is 105 Å². The zero-order valence-electron chi connectivity index (χ0n) is 17.5. The smallest absolute Gasteiger partial charge is 0.259 e. The summed E-state index contributed by atoms with van der Waals surface area (Å²) in [6, 6.07) is 0. The van der Waals surface area contributed by atoms with E-state index in [0.29, 0.717) is 35.2 Å². The van der Waals surface area contributed by atoms with Crippen LogP contribution in [0.4, 0.5) is 0 Å². The maximum absolute atomic E-state index is 13.0. The molecule has 0 radical (unpaired) electrons. The molecule has 0 bridgehead atoms. The summed E-state index contributed by atoms with van der Waals surface area (Å²) in [6.07, 6.45) is 1.86. The Morgan fingerprint density at radius 2 is 2.17 bits per heavy atom. The van der Waals surface area contributed by atoms with Crippen molar-refractivity contribution in [2.75, 3.05) is 13.1 Å². The lowest BCUT2D eigenvalue weighted by Gasteiger charge is -2.32. The molecule has 1 fully saturated rings. The average molecular weight is 448 g/mol. The SMILES string of the molecule is Cc1noc(C2CCCN(C(=O)C(C)SCc3nc4sc(C)c(C)c4c(=O)[nH]3)C2)n1. The molecule has 1 N–H and O–H groups in total. The number of amides is 1. The number of aryl methyl sites for hydroxylation is 3. The number of nitrogens with zero attached hydrogens (tertiary/aromatic N) is 4. The Kier molecular flexibility index (Phi) is 5.97. The van der Waals surface area contributed by atoms with Crippen molar-refractivity contribution in [1.29, 1.82) is 0 Å². The molecular formula is C20H25N5O3S2. The molecular weight excluding hydrogens is 422 g/mol. The molecule has 2 unspecified atom stereocenters. The van der Waals surface area contributed by atoms with Gasteiger partial charge in [-0.15, -0.1) is 23.1 Å². The molecule has 0 aromatic carbocycles. The van der Waals surface area contributed by atoms with Crippen LogP contribution in [0.1, 0.15) is 53.7 Å². The zero-order valence-corrected chi connectivity index (χ0v) is 19.2. The van der Waals surface area contributed by atoms with Gasteiger partial charge in [-0.1, -0.05) is 5.16 Å². The van der Waals surface area contributed by atoms with Crippen LogP contribution in [0.25, 0.3) is 10.2 Å². The summed E-state index contributed by atoms with van der Waals surface area (Å²) < 4.78 is 5.31. The maximum atomic E-state index is 13.0. The number of fused-ring (bicyclic) bond motifs is 1. The van der Waals surface area contributed by atoms with Crippen molar-refractivity contribution in [3.63, 3.8) is 0 Å². The van der Waals surface area contributed by atoms with Crippen LogP contribution in [-0.2, 0) is 10.5 Å². The summed E-state index contributed by atoms with van der Waals surface area (Å²) in [6.45, 7) is 8.98. The number of piperidine rings is 1. The molecule has 1 saturated heterocycles. The fourth-order valence-electron chi connectivity index (χ4n) is 3.76. The summed E-state index contributed by atoms with van der Waals surface area (Å²) in [5.41, 5.74) is 0.882. The van der Waals surface area contributed by atoms with Crippen LogP contribution in [-0.4, -0.2) is 49.3 Å². The van der Waals surface area contributed by atoms with Gasteiger partial charge in [-0.3, -0.25) is 9.59 Å². The molecule has 4 heterocycles. The maximum Gasteiger partial charge on any atom is 0.259 e. The second kappa shape index (κ2) is 8.50. The third-order valence-electron chi connectivity index (χ3n) is 5.53. The predicted molar refractivity (Wildman–Crippen MR) is 118 cm³/mol.